The van der Waals surface area contributed by atoms with Crippen molar-refractivity contribution in [3.8, 4) is 5.75 Å². The number of methoxy groups -OCH3 is 1. The van der Waals surface area contributed by atoms with Crippen molar-refractivity contribution in [1.82, 2.24) is 10.2 Å². The Labute approximate surface area is 102 Å². The van der Waals surface area contributed by atoms with E-state index in [4.69, 9.17) is 4.74 Å². The van der Waals surface area contributed by atoms with Gasteiger partial charge in [0.2, 0.25) is 0 Å². The quantitative estimate of drug-likeness (QED) is 0.834. The third kappa shape index (κ3) is 2.97. The molecule has 0 aromatic heterocycles. The molecule has 0 spiro atoms. The molecule has 17 heavy (non-hydrogen) atoms. The van der Waals surface area contributed by atoms with Crippen LogP contribution in [0.2, 0.25) is 0 Å². The molecule has 1 aliphatic heterocycles. The fraction of sp³-hybridized carbons (Fsp3) is 0.462. The van der Waals surface area contributed by atoms with Crippen molar-refractivity contribution in [3.05, 3.63) is 29.8 Å². The molecule has 2 rings (SSSR count). The van der Waals surface area contributed by atoms with Crippen molar-refractivity contribution >= 4 is 5.91 Å². The van der Waals surface area contributed by atoms with Gasteiger partial charge in [-0.2, -0.15) is 0 Å². The largest absolute Gasteiger partial charge is 0.497 e. The van der Waals surface area contributed by atoms with Crippen molar-refractivity contribution in [2.24, 2.45) is 0 Å². The van der Waals surface area contributed by atoms with Crippen molar-refractivity contribution in [2.45, 2.75) is 6.42 Å². The minimum atomic E-state index is 0.0904. The Balaban J connectivity index is 2.11. The molecule has 1 aliphatic rings. The first kappa shape index (κ1) is 11.9. The number of amides is 1. The second-order valence-corrected chi connectivity index (χ2v) is 4.13. The van der Waals surface area contributed by atoms with E-state index in [1.807, 2.05) is 23.1 Å². The van der Waals surface area contributed by atoms with E-state index in [1.54, 1.807) is 13.2 Å². The van der Waals surface area contributed by atoms with Gasteiger partial charge in [0.15, 0.2) is 0 Å². The lowest BCUT2D eigenvalue weighted by atomic mass is 10.2. The number of nitrogens with one attached hydrogen (secondary N) is 1. The van der Waals surface area contributed by atoms with Crippen LogP contribution in [0, 0.1) is 0 Å². The van der Waals surface area contributed by atoms with Crippen LogP contribution in [0.3, 0.4) is 0 Å². The molecule has 4 heteroatoms. The normalized spacial score (nSPS) is 16.4. The Kier molecular flexibility index (Phi) is 3.98. The summed E-state index contributed by atoms with van der Waals surface area (Å²) >= 11 is 0. The number of hydrogen-bond donors (Lipinski definition) is 1. The van der Waals surface area contributed by atoms with E-state index in [9.17, 15) is 4.79 Å². The Bertz CT molecular complexity index is 385. The molecule has 1 aromatic carbocycles. The number of carbonyl (C=O) groups excluding carboxylic acids is 1. The van der Waals surface area contributed by atoms with Gasteiger partial charge in [0.1, 0.15) is 5.75 Å². The molecule has 1 N–H and O–H groups in total. The fourth-order valence-corrected chi connectivity index (χ4v) is 1.99. The van der Waals surface area contributed by atoms with Crippen LogP contribution in [-0.2, 0) is 0 Å². The van der Waals surface area contributed by atoms with Gasteiger partial charge in [-0.05, 0) is 31.2 Å². The van der Waals surface area contributed by atoms with E-state index in [1.165, 1.54) is 0 Å². The van der Waals surface area contributed by atoms with E-state index in [0.29, 0.717) is 5.56 Å². The summed E-state index contributed by atoms with van der Waals surface area (Å²) in [5.74, 6) is 0.816. The fourth-order valence-electron chi connectivity index (χ4n) is 1.99. The van der Waals surface area contributed by atoms with Gasteiger partial charge in [-0.3, -0.25) is 4.79 Å². The van der Waals surface area contributed by atoms with Gasteiger partial charge < -0.3 is 15.0 Å². The van der Waals surface area contributed by atoms with Gasteiger partial charge in [0.25, 0.3) is 5.91 Å². The molecule has 0 unspecified atom stereocenters. The van der Waals surface area contributed by atoms with E-state index < -0.39 is 0 Å². The predicted octanol–water partition coefficient (Wildman–Crippen LogP) is 1.13. The molecule has 92 valence electrons. The predicted molar refractivity (Wildman–Crippen MR) is 66.4 cm³/mol. The molecule has 1 aromatic rings. The summed E-state index contributed by atoms with van der Waals surface area (Å²) in [6.07, 6.45) is 1.01. The lowest BCUT2D eigenvalue weighted by Gasteiger charge is -2.20. The molecule has 1 fully saturated rings. The van der Waals surface area contributed by atoms with Gasteiger partial charge in [-0.1, -0.05) is 6.07 Å². The Morgan fingerprint density at radius 3 is 3.06 bits per heavy atom. The second-order valence-electron chi connectivity index (χ2n) is 4.13. The first-order chi connectivity index (χ1) is 8.31. The van der Waals surface area contributed by atoms with Gasteiger partial charge in [0.05, 0.1) is 7.11 Å². The Morgan fingerprint density at radius 2 is 2.24 bits per heavy atom. The smallest absolute Gasteiger partial charge is 0.254 e. The molecule has 0 radical (unpaired) electrons. The molecule has 4 nitrogen and oxygen atoms in total. The van der Waals surface area contributed by atoms with Crippen molar-refractivity contribution in [3.63, 3.8) is 0 Å². The minimum absolute atomic E-state index is 0.0904. The molecule has 0 atom stereocenters. The standard InChI is InChI=1S/C13H18N2O2/c1-17-12-5-2-4-11(10-12)13(16)15-8-3-6-14-7-9-15/h2,4-5,10,14H,3,6-9H2,1H3. The zero-order chi connectivity index (χ0) is 12.1. The highest BCUT2D eigenvalue weighted by Gasteiger charge is 2.17. The third-order valence-electron chi connectivity index (χ3n) is 2.94. The van der Waals surface area contributed by atoms with E-state index >= 15 is 0 Å². The lowest BCUT2D eigenvalue weighted by molar-refractivity contribution is 0.0766. The maximum Gasteiger partial charge on any atom is 0.254 e. The number of carbonyl (C=O) groups is 1. The van der Waals surface area contributed by atoms with Gasteiger partial charge >= 0.3 is 0 Å². The van der Waals surface area contributed by atoms with Crippen LogP contribution in [0.15, 0.2) is 24.3 Å². The van der Waals surface area contributed by atoms with Crippen LogP contribution in [0.5, 0.6) is 5.75 Å². The molecule has 0 bridgehead atoms. The Morgan fingerprint density at radius 1 is 1.35 bits per heavy atom. The molecular weight excluding hydrogens is 216 g/mol. The minimum Gasteiger partial charge on any atom is -0.497 e. The maximum atomic E-state index is 12.3. The van der Waals surface area contributed by atoms with Crippen LogP contribution < -0.4 is 10.1 Å². The molecule has 0 aliphatic carbocycles. The SMILES string of the molecule is COc1cccc(C(=O)N2CCCNCC2)c1. The summed E-state index contributed by atoms with van der Waals surface area (Å²) in [4.78, 5) is 14.2. The summed E-state index contributed by atoms with van der Waals surface area (Å²) in [5.41, 5.74) is 0.700. The lowest BCUT2D eigenvalue weighted by Crippen LogP contribution is -2.34. The average Bonchev–Trinajstić information content (AvgIpc) is 2.67. The number of nitrogens with zero attached hydrogens (tertiary/aromatic N) is 1. The topological polar surface area (TPSA) is 41.6 Å². The van der Waals surface area contributed by atoms with Crippen LogP contribution in [0.1, 0.15) is 16.8 Å². The first-order valence-electron chi connectivity index (χ1n) is 5.95. The monoisotopic (exact) mass is 234 g/mol. The summed E-state index contributed by atoms with van der Waals surface area (Å²) in [7, 11) is 1.61. The summed E-state index contributed by atoms with van der Waals surface area (Å²) in [6.45, 7) is 3.46. The third-order valence-corrected chi connectivity index (χ3v) is 2.94. The van der Waals surface area contributed by atoms with Crippen LogP contribution in [0.4, 0.5) is 0 Å². The summed E-state index contributed by atoms with van der Waals surface area (Å²) in [6, 6.07) is 7.33. The van der Waals surface area contributed by atoms with E-state index in [-0.39, 0.29) is 5.91 Å². The number of hydrogen-bond acceptors (Lipinski definition) is 3. The highest BCUT2D eigenvalue weighted by Crippen LogP contribution is 2.14. The first-order valence-corrected chi connectivity index (χ1v) is 5.95. The summed E-state index contributed by atoms with van der Waals surface area (Å²) < 4.78 is 5.13. The molecular formula is C13H18N2O2. The Hall–Kier alpha value is -1.55. The molecule has 0 saturated carbocycles. The van der Waals surface area contributed by atoms with Gasteiger partial charge in [-0.15, -0.1) is 0 Å². The zero-order valence-electron chi connectivity index (χ0n) is 10.1. The van der Waals surface area contributed by atoms with Crippen molar-refractivity contribution < 1.29 is 9.53 Å². The van der Waals surface area contributed by atoms with Crippen molar-refractivity contribution in [2.75, 3.05) is 33.3 Å². The molecule has 1 amide bonds. The van der Waals surface area contributed by atoms with E-state index in [2.05, 4.69) is 5.32 Å². The van der Waals surface area contributed by atoms with Gasteiger partial charge in [0, 0.05) is 25.2 Å². The second kappa shape index (κ2) is 5.68. The maximum absolute atomic E-state index is 12.3. The van der Waals surface area contributed by atoms with Crippen molar-refractivity contribution in [1.29, 1.82) is 0 Å². The van der Waals surface area contributed by atoms with Crippen LogP contribution >= 0.6 is 0 Å². The van der Waals surface area contributed by atoms with Crippen LogP contribution in [0.25, 0.3) is 0 Å². The number of benzene rings is 1. The highest BCUT2D eigenvalue weighted by molar-refractivity contribution is 5.94. The number of ether oxygens (including phenoxy) is 1. The molecule has 1 saturated heterocycles. The zero-order valence-corrected chi connectivity index (χ0v) is 10.1. The van der Waals surface area contributed by atoms with Gasteiger partial charge in [-0.25, -0.2) is 0 Å². The average molecular weight is 234 g/mol. The number of rotatable bonds is 2. The van der Waals surface area contributed by atoms with E-state index in [0.717, 1.165) is 38.3 Å². The van der Waals surface area contributed by atoms with Crippen LogP contribution in [-0.4, -0.2) is 44.1 Å². The highest BCUT2D eigenvalue weighted by atomic mass is 16.5. The summed E-state index contributed by atoms with van der Waals surface area (Å²) in [5, 5.41) is 3.29. The molecule has 1 heterocycles.